The van der Waals surface area contributed by atoms with Crippen LogP contribution in [0.15, 0.2) is 28.7 Å². The molecule has 110 valence electrons. The first kappa shape index (κ1) is 15.3. The van der Waals surface area contributed by atoms with E-state index in [1.165, 1.54) is 12.1 Å². The van der Waals surface area contributed by atoms with Crippen LogP contribution >= 0.6 is 15.9 Å². The smallest absolute Gasteiger partial charge is 0.287 e. The lowest BCUT2D eigenvalue weighted by Crippen LogP contribution is -2.51. The van der Waals surface area contributed by atoms with Crippen LogP contribution in [-0.2, 0) is 4.79 Å². The highest BCUT2D eigenvalue weighted by atomic mass is 79.9. The van der Waals surface area contributed by atoms with Crippen molar-refractivity contribution < 1.29 is 18.0 Å². The van der Waals surface area contributed by atoms with Crippen LogP contribution in [0.25, 0.3) is 0 Å². The molecule has 1 N–H and O–H groups in total. The molecular formula is C13H14BrF3N2O. The normalized spacial score (nSPS) is 20.8. The van der Waals surface area contributed by atoms with E-state index in [0.717, 1.165) is 5.01 Å². The van der Waals surface area contributed by atoms with Gasteiger partial charge in [0, 0.05) is 16.4 Å². The predicted octanol–water partition coefficient (Wildman–Crippen LogP) is 3.57. The molecule has 20 heavy (non-hydrogen) atoms. The minimum Gasteiger partial charge on any atom is -0.287 e. The Morgan fingerprint density at radius 3 is 2.25 bits per heavy atom. The number of benzene rings is 1. The molecule has 1 heterocycles. The number of nitrogens with zero attached hydrogens (tertiary/aromatic N) is 1. The van der Waals surface area contributed by atoms with Gasteiger partial charge >= 0.3 is 6.18 Å². The monoisotopic (exact) mass is 350 g/mol. The fourth-order valence-corrected chi connectivity index (χ4v) is 2.61. The van der Waals surface area contributed by atoms with Crippen LogP contribution < -0.4 is 5.43 Å². The number of rotatable bonds is 2. The summed E-state index contributed by atoms with van der Waals surface area (Å²) in [5, 5.41) is 0.999. The number of alkyl halides is 3. The van der Waals surface area contributed by atoms with Crippen LogP contribution in [0, 0.1) is 0 Å². The molecule has 0 radical (unpaired) electrons. The van der Waals surface area contributed by atoms with E-state index in [4.69, 9.17) is 0 Å². The highest BCUT2D eigenvalue weighted by Gasteiger charge is 2.52. The minimum atomic E-state index is -4.48. The fourth-order valence-electron chi connectivity index (χ4n) is 2.35. The largest absolute Gasteiger partial charge is 0.409 e. The predicted molar refractivity (Wildman–Crippen MR) is 71.6 cm³/mol. The Kier molecular flexibility index (Phi) is 3.85. The molecule has 0 spiro atoms. The summed E-state index contributed by atoms with van der Waals surface area (Å²) in [5.74, 6) is -0.402. The molecule has 1 saturated heterocycles. The topological polar surface area (TPSA) is 32.3 Å². The number of amides is 1. The highest BCUT2D eigenvalue weighted by molar-refractivity contribution is 9.10. The molecule has 0 saturated carbocycles. The second-order valence-corrected chi connectivity index (χ2v) is 6.31. The molecule has 1 fully saturated rings. The molecule has 1 aliphatic rings. The summed E-state index contributed by atoms with van der Waals surface area (Å²) in [7, 11) is 0. The van der Waals surface area contributed by atoms with Crippen molar-refractivity contribution in [3.05, 3.63) is 34.3 Å². The van der Waals surface area contributed by atoms with E-state index in [-0.39, 0.29) is 12.0 Å². The minimum absolute atomic E-state index is 0.0378. The molecular weight excluding hydrogens is 337 g/mol. The van der Waals surface area contributed by atoms with Gasteiger partial charge in [0.25, 0.3) is 0 Å². The van der Waals surface area contributed by atoms with E-state index in [1.807, 2.05) is 0 Å². The molecule has 1 atom stereocenters. The van der Waals surface area contributed by atoms with Gasteiger partial charge in [-0.3, -0.25) is 10.2 Å². The van der Waals surface area contributed by atoms with Crippen molar-refractivity contribution in [3.8, 4) is 0 Å². The SMILES string of the molecule is CC1(C)CC(=O)NN1C(c1ccc(Br)cc1)C(F)(F)F. The third kappa shape index (κ3) is 2.98. The number of halogens is 4. The lowest BCUT2D eigenvalue weighted by molar-refractivity contribution is -0.203. The Bertz CT molecular complexity index is 513. The number of hydrogen-bond acceptors (Lipinski definition) is 2. The Morgan fingerprint density at radius 2 is 1.85 bits per heavy atom. The van der Waals surface area contributed by atoms with Crippen LogP contribution in [-0.4, -0.2) is 22.6 Å². The zero-order valence-electron chi connectivity index (χ0n) is 11.0. The van der Waals surface area contributed by atoms with E-state index >= 15 is 0 Å². The summed E-state index contributed by atoms with van der Waals surface area (Å²) >= 11 is 3.20. The quantitative estimate of drug-likeness (QED) is 0.884. The van der Waals surface area contributed by atoms with Crippen molar-refractivity contribution in [1.29, 1.82) is 0 Å². The van der Waals surface area contributed by atoms with E-state index in [1.54, 1.807) is 26.0 Å². The maximum absolute atomic E-state index is 13.4. The summed E-state index contributed by atoms with van der Waals surface area (Å²) < 4.78 is 41.0. The second kappa shape index (κ2) is 5.04. The van der Waals surface area contributed by atoms with Gasteiger partial charge < -0.3 is 0 Å². The Labute approximate surface area is 123 Å². The van der Waals surface area contributed by atoms with Crippen molar-refractivity contribution >= 4 is 21.8 Å². The average molecular weight is 351 g/mol. The van der Waals surface area contributed by atoms with Crippen molar-refractivity contribution in [3.63, 3.8) is 0 Å². The first-order valence-electron chi connectivity index (χ1n) is 6.02. The van der Waals surface area contributed by atoms with E-state index in [9.17, 15) is 18.0 Å². The van der Waals surface area contributed by atoms with Gasteiger partial charge in [-0.25, -0.2) is 0 Å². The molecule has 2 rings (SSSR count). The number of hydrogen-bond donors (Lipinski definition) is 1. The third-order valence-corrected chi connectivity index (χ3v) is 3.77. The molecule has 7 heteroatoms. The number of hydrazine groups is 1. The Hall–Kier alpha value is -1.08. The van der Waals surface area contributed by atoms with Gasteiger partial charge in [0.15, 0.2) is 6.04 Å². The van der Waals surface area contributed by atoms with Gasteiger partial charge in [-0.05, 0) is 31.5 Å². The van der Waals surface area contributed by atoms with Gasteiger partial charge in [-0.1, -0.05) is 28.1 Å². The van der Waals surface area contributed by atoms with Crippen molar-refractivity contribution in [1.82, 2.24) is 10.4 Å². The molecule has 1 aliphatic heterocycles. The summed E-state index contributed by atoms with van der Waals surface area (Å²) in [4.78, 5) is 11.5. The molecule has 3 nitrogen and oxygen atoms in total. The maximum atomic E-state index is 13.4. The highest BCUT2D eigenvalue weighted by Crippen LogP contribution is 2.42. The van der Waals surface area contributed by atoms with Crippen molar-refractivity contribution in [2.45, 2.75) is 38.0 Å². The van der Waals surface area contributed by atoms with Crippen LogP contribution in [0.1, 0.15) is 31.9 Å². The van der Waals surface area contributed by atoms with Crippen molar-refractivity contribution in [2.24, 2.45) is 0 Å². The van der Waals surface area contributed by atoms with Crippen molar-refractivity contribution in [2.75, 3.05) is 0 Å². The van der Waals surface area contributed by atoms with Gasteiger partial charge in [-0.15, -0.1) is 0 Å². The summed E-state index contributed by atoms with van der Waals surface area (Å²) in [6.07, 6.45) is -4.45. The molecule has 0 aliphatic carbocycles. The fraction of sp³-hybridized carbons (Fsp3) is 0.462. The van der Waals surface area contributed by atoms with Gasteiger partial charge in [0.1, 0.15) is 0 Å². The molecule has 1 amide bonds. The van der Waals surface area contributed by atoms with E-state index < -0.39 is 23.7 Å². The van der Waals surface area contributed by atoms with Crippen LogP contribution in [0.3, 0.4) is 0 Å². The molecule has 0 bridgehead atoms. The van der Waals surface area contributed by atoms with E-state index in [2.05, 4.69) is 21.4 Å². The van der Waals surface area contributed by atoms with Gasteiger partial charge in [0.05, 0.1) is 0 Å². The second-order valence-electron chi connectivity index (χ2n) is 5.39. The first-order chi connectivity index (χ1) is 9.11. The molecule has 1 aromatic rings. The lowest BCUT2D eigenvalue weighted by Gasteiger charge is -2.37. The van der Waals surface area contributed by atoms with Gasteiger partial charge in [0.2, 0.25) is 5.91 Å². The average Bonchev–Trinajstić information content (AvgIpc) is 2.53. The van der Waals surface area contributed by atoms with E-state index in [0.29, 0.717) is 4.47 Å². The standard InChI is InChI=1S/C13H14BrF3N2O/c1-12(2)7-10(20)18-19(12)11(13(15,16)17)8-3-5-9(14)6-4-8/h3-6,11H,7H2,1-2H3,(H,18,20). The first-order valence-corrected chi connectivity index (χ1v) is 6.81. The number of carbonyl (C=O) groups is 1. The van der Waals surface area contributed by atoms with Gasteiger partial charge in [-0.2, -0.15) is 18.2 Å². The Balaban J connectivity index is 2.44. The lowest BCUT2D eigenvalue weighted by atomic mass is 9.97. The summed E-state index contributed by atoms with van der Waals surface area (Å²) in [6, 6.07) is 4.06. The molecule has 1 unspecified atom stereocenters. The molecule has 1 aromatic carbocycles. The zero-order chi connectivity index (χ0) is 15.1. The maximum Gasteiger partial charge on any atom is 0.409 e. The van der Waals surface area contributed by atoms with Crippen LogP contribution in [0.2, 0.25) is 0 Å². The third-order valence-electron chi connectivity index (χ3n) is 3.24. The summed E-state index contributed by atoms with van der Waals surface area (Å²) in [6.45, 7) is 3.23. The Morgan fingerprint density at radius 1 is 1.30 bits per heavy atom. The summed E-state index contributed by atoms with van der Waals surface area (Å²) in [5.41, 5.74) is 1.52. The number of carbonyl (C=O) groups excluding carboxylic acids is 1. The number of nitrogens with one attached hydrogen (secondary N) is 1. The zero-order valence-corrected chi connectivity index (χ0v) is 12.5. The van der Waals surface area contributed by atoms with Crippen LogP contribution in [0.4, 0.5) is 13.2 Å². The van der Waals surface area contributed by atoms with Crippen LogP contribution in [0.5, 0.6) is 0 Å². The molecule has 0 aromatic heterocycles.